The SMILES string of the molecule is CC(C(=O)NC(=O)NC1CC1)N1CCN(S(=O)(=O)N2CCCCCC2)CC1. The van der Waals surface area contributed by atoms with Crippen LogP contribution in [0.3, 0.4) is 0 Å². The van der Waals surface area contributed by atoms with E-state index < -0.39 is 22.3 Å². The van der Waals surface area contributed by atoms with Crippen LogP contribution >= 0.6 is 0 Å². The van der Waals surface area contributed by atoms with Crippen molar-refractivity contribution in [1.29, 1.82) is 0 Å². The van der Waals surface area contributed by atoms with E-state index in [2.05, 4.69) is 10.6 Å². The quantitative estimate of drug-likeness (QED) is 0.680. The maximum absolute atomic E-state index is 12.9. The fourth-order valence-corrected chi connectivity index (χ4v) is 5.26. The van der Waals surface area contributed by atoms with Crippen LogP contribution in [-0.2, 0) is 15.0 Å². The number of nitrogens with zero attached hydrogens (tertiary/aromatic N) is 3. The number of carbonyl (C=O) groups excluding carboxylic acids is 2. The molecule has 0 bridgehead atoms. The normalized spacial score (nSPS) is 24.8. The van der Waals surface area contributed by atoms with Crippen molar-refractivity contribution >= 4 is 22.1 Å². The van der Waals surface area contributed by atoms with Gasteiger partial charge in [0, 0.05) is 45.3 Å². The Bertz CT molecular complexity index is 636. The lowest BCUT2D eigenvalue weighted by molar-refractivity contribution is -0.125. The Kier molecular flexibility index (Phi) is 6.72. The second-order valence-corrected chi connectivity index (χ2v) is 9.60. The third-order valence-electron chi connectivity index (χ3n) is 5.57. The maximum atomic E-state index is 12.9. The predicted octanol–water partition coefficient (Wildman–Crippen LogP) is 0.102. The lowest BCUT2D eigenvalue weighted by Gasteiger charge is -2.38. The minimum atomic E-state index is -3.43. The second kappa shape index (κ2) is 8.85. The van der Waals surface area contributed by atoms with Gasteiger partial charge in [0.15, 0.2) is 0 Å². The van der Waals surface area contributed by atoms with Gasteiger partial charge in [-0.15, -0.1) is 0 Å². The topological polar surface area (TPSA) is 102 Å². The summed E-state index contributed by atoms with van der Waals surface area (Å²) in [4.78, 5) is 25.9. The number of rotatable bonds is 5. The van der Waals surface area contributed by atoms with Gasteiger partial charge < -0.3 is 5.32 Å². The van der Waals surface area contributed by atoms with E-state index in [1.54, 1.807) is 11.2 Å². The molecule has 2 N–H and O–H groups in total. The minimum absolute atomic E-state index is 0.195. The van der Waals surface area contributed by atoms with E-state index in [1.165, 1.54) is 4.31 Å². The van der Waals surface area contributed by atoms with Crippen molar-refractivity contribution < 1.29 is 18.0 Å². The number of amides is 3. The number of carbonyl (C=O) groups is 2. The average Bonchev–Trinajstić information content (AvgIpc) is 3.47. The second-order valence-electron chi connectivity index (χ2n) is 7.67. The number of piperazine rings is 1. The van der Waals surface area contributed by atoms with Crippen LogP contribution < -0.4 is 10.6 Å². The highest BCUT2D eigenvalue weighted by molar-refractivity contribution is 7.86. The van der Waals surface area contributed by atoms with Crippen LogP contribution in [0.25, 0.3) is 0 Å². The monoisotopic (exact) mass is 401 g/mol. The summed E-state index contributed by atoms with van der Waals surface area (Å²) < 4.78 is 28.9. The molecule has 0 aromatic carbocycles. The van der Waals surface area contributed by atoms with Gasteiger partial charge in [-0.3, -0.25) is 15.0 Å². The van der Waals surface area contributed by atoms with Gasteiger partial charge in [-0.2, -0.15) is 17.0 Å². The zero-order valence-corrected chi connectivity index (χ0v) is 16.8. The molecule has 3 aliphatic rings. The maximum Gasteiger partial charge on any atom is 0.321 e. The molecule has 0 radical (unpaired) electrons. The molecule has 0 aromatic rings. The van der Waals surface area contributed by atoms with Crippen molar-refractivity contribution in [2.75, 3.05) is 39.3 Å². The number of imide groups is 1. The van der Waals surface area contributed by atoms with E-state index in [4.69, 9.17) is 0 Å². The molecule has 1 aliphatic carbocycles. The molecule has 3 amide bonds. The molecule has 10 heteroatoms. The van der Waals surface area contributed by atoms with Crippen LogP contribution in [0.1, 0.15) is 45.4 Å². The standard InChI is InChI=1S/C17H31N5O4S/c1-14(16(23)19-17(24)18-15-6-7-15)20-10-12-22(13-11-20)27(25,26)21-8-4-2-3-5-9-21/h14-15H,2-13H2,1H3,(H2,18,19,23,24). The van der Waals surface area contributed by atoms with E-state index in [1.807, 2.05) is 4.90 Å². The number of hydrogen-bond donors (Lipinski definition) is 2. The molecule has 2 heterocycles. The summed E-state index contributed by atoms with van der Waals surface area (Å²) >= 11 is 0. The molecule has 154 valence electrons. The van der Waals surface area contributed by atoms with Crippen LogP contribution in [0.2, 0.25) is 0 Å². The van der Waals surface area contributed by atoms with E-state index in [-0.39, 0.29) is 11.9 Å². The van der Waals surface area contributed by atoms with Crippen molar-refractivity contribution in [3.63, 3.8) is 0 Å². The Morgan fingerprint density at radius 2 is 1.44 bits per heavy atom. The van der Waals surface area contributed by atoms with E-state index in [0.29, 0.717) is 39.3 Å². The van der Waals surface area contributed by atoms with Gasteiger partial charge in [-0.05, 0) is 32.6 Å². The van der Waals surface area contributed by atoms with Gasteiger partial charge >= 0.3 is 6.03 Å². The Morgan fingerprint density at radius 1 is 0.889 bits per heavy atom. The molecule has 2 saturated heterocycles. The highest BCUT2D eigenvalue weighted by Crippen LogP contribution is 2.19. The summed E-state index contributed by atoms with van der Waals surface area (Å²) in [6, 6.07) is -0.726. The van der Waals surface area contributed by atoms with Gasteiger partial charge in [-0.25, -0.2) is 4.79 Å². The molecule has 1 saturated carbocycles. The van der Waals surface area contributed by atoms with Crippen molar-refractivity contribution in [1.82, 2.24) is 24.1 Å². The average molecular weight is 402 g/mol. The smallest absolute Gasteiger partial charge is 0.321 e. The Labute approximate surface area is 161 Å². The highest BCUT2D eigenvalue weighted by atomic mass is 32.2. The fraction of sp³-hybridized carbons (Fsp3) is 0.882. The van der Waals surface area contributed by atoms with Crippen LogP contribution in [-0.4, -0.2) is 85.2 Å². The zero-order chi connectivity index (χ0) is 19.4. The third-order valence-corrected chi connectivity index (χ3v) is 7.60. The van der Waals surface area contributed by atoms with Gasteiger partial charge in [0.25, 0.3) is 10.2 Å². The first-order chi connectivity index (χ1) is 12.9. The largest absolute Gasteiger partial charge is 0.335 e. The van der Waals surface area contributed by atoms with Gasteiger partial charge in [-0.1, -0.05) is 12.8 Å². The molecule has 0 spiro atoms. The summed E-state index contributed by atoms with van der Waals surface area (Å²) in [5.74, 6) is -0.350. The minimum Gasteiger partial charge on any atom is -0.335 e. The Balaban J connectivity index is 1.48. The highest BCUT2D eigenvalue weighted by Gasteiger charge is 2.35. The number of urea groups is 1. The molecule has 1 unspecified atom stereocenters. The lowest BCUT2D eigenvalue weighted by Crippen LogP contribution is -2.58. The van der Waals surface area contributed by atoms with E-state index in [9.17, 15) is 18.0 Å². The van der Waals surface area contributed by atoms with Crippen LogP contribution in [0.4, 0.5) is 4.79 Å². The molecule has 9 nitrogen and oxygen atoms in total. The molecular weight excluding hydrogens is 370 g/mol. The molecule has 3 fully saturated rings. The number of hydrogen-bond acceptors (Lipinski definition) is 5. The number of nitrogens with one attached hydrogen (secondary N) is 2. The van der Waals surface area contributed by atoms with Gasteiger partial charge in [0.1, 0.15) is 0 Å². The summed E-state index contributed by atoms with van der Waals surface area (Å²) in [7, 11) is -3.43. The fourth-order valence-electron chi connectivity index (χ4n) is 3.59. The first kappa shape index (κ1) is 20.5. The molecule has 3 rings (SSSR count). The van der Waals surface area contributed by atoms with Gasteiger partial charge in [0.2, 0.25) is 5.91 Å². The van der Waals surface area contributed by atoms with Crippen molar-refractivity contribution in [3.05, 3.63) is 0 Å². The Hall–Kier alpha value is -1.23. The van der Waals surface area contributed by atoms with E-state index in [0.717, 1.165) is 38.5 Å². The molecule has 1 atom stereocenters. The van der Waals surface area contributed by atoms with Crippen LogP contribution in [0.15, 0.2) is 0 Å². The van der Waals surface area contributed by atoms with Crippen LogP contribution in [0.5, 0.6) is 0 Å². The third kappa shape index (κ3) is 5.40. The van der Waals surface area contributed by atoms with E-state index >= 15 is 0 Å². The van der Waals surface area contributed by atoms with Crippen LogP contribution in [0, 0.1) is 0 Å². The molecule has 2 aliphatic heterocycles. The van der Waals surface area contributed by atoms with Gasteiger partial charge in [0.05, 0.1) is 6.04 Å². The molecule has 27 heavy (non-hydrogen) atoms. The predicted molar refractivity (Wildman–Crippen MR) is 101 cm³/mol. The van der Waals surface area contributed by atoms with Crippen molar-refractivity contribution in [3.8, 4) is 0 Å². The first-order valence-electron chi connectivity index (χ1n) is 9.98. The van der Waals surface area contributed by atoms with Crippen molar-refractivity contribution in [2.45, 2.75) is 57.5 Å². The summed E-state index contributed by atoms with van der Waals surface area (Å²) in [6.07, 6.45) is 5.93. The summed E-state index contributed by atoms with van der Waals surface area (Å²) in [5, 5.41) is 5.11. The summed E-state index contributed by atoms with van der Waals surface area (Å²) in [6.45, 7) is 4.63. The molecular formula is C17H31N5O4S. The summed E-state index contributed by atoms with van der Waals surface area (Å²) in [5.41, 5.74) is 0. The van der Waals surface area contributed by atoms with Crippen molar-refractivity contribution in [2.24, 2.45) is 0 Å². The lowest BCUT2D eigenvalue weighted by atomic mass is 10.2. The molecule has 0 aromatic heterocycles. The Morgan fingerprint density at radius 3 is 2.00 bits per heavy atom. The zero-order valence-electron chi connectivity index (χ0n) is 16.0. The first-order valence-corrected chi connectivity index (χ1v) is 11.4.